The monoisotopic (exact) mass is 455 g/mol. The van der Waals surface area contributed by atoms with E-state index >= 15 is 0 Å². The lowest BCUT2D eigenvalue weighted by Gasteiger charge is -2.16. The van der Waals surface area contributed by atoms with Gasteiger partial charge in [-0.3, -0.25) is 9.00 Å². The van der Waals surface area contributed by atoms with E-state index in [1.165, 1.54) is 21.3 Å². The Balaban J connectivity index is 1.78. The molecule has 3 aromatic rings. The maximum atomic E-state index is 13.3. The molecule has 32 heavy (non-hydrogen) atoms. The number of benzene rings is 2. The van der Waals surface area contributed by atoms with E-state index in [2.05, 4.69) is 16.5 Å². The van der Waals surface area contributed by atoms with Crippen molar-refractivity contribution < 1.29 is 23.2 Å². The van der Waals surface area contributed by atoms with E-state index < -0.39 is 10.8 Å². The maximum absolute atomic E-state index is 13.3. The minimum Gasteiger partial charge on any atom is -0.493 e. The molecule has 0 radical (unpaired) electrons. The van der Waals surface area contributed by atoms with Gasteiger partial charge in [0.15, 0.2) is 11.5 Å². The van der Waals surface area contributed by atoms with Crippen LogP contribution in [0.25, 0.3) is 5.69 Å². The van der Waals surface area contributed by atoms with Crippen molar-refractivity contribution in [2.24, 2.45) is 0 Å². The zero-order valence-electron chi connectivity index (χ0n) is 18.6. The first kappa shape index (κ1) is 21.9. The number of carbonyl (C=O) groups excluding carboxylic acids is 1. The third-order valence-electron chi connectivity index (χ3n) is 5.41. The van der Waals surface area contributed by atoms with Crippen LogP contribution in [0.4, 0.5) is 5.82 Å². The van der Waals surface area contributed by atoms with Gasteiger partial charge in [-0.1, -0.05) is 17.7 Å². The number of fused-ring (bicyclic) bond motifs is 1. The molecular weight excluding hydrogens is 430 g/mol. The van der Waals surface area contributed by atoms with Gasteiger partial charge in [0.2, 0.25) is 5.75 Å². The highest BCUT2D eigenvalue weighted by atomic mass is 32.2. The van der Waals surface area contributed by atoms with Crippen LogP contribution in [0.3, 0.4) is 0 Å². The van der Waals surface area contributed by atoms with Crippen LogP contribution in [-0.4, -0.2) is 41.2 Å². The Morgan fingerprint density at radius 2 is 1.72 bits per heavy atom. The largest absolute Gasteiger partial charge is 0.493 e. The van der Waals surface area contributed by atoms with Gasteiger partial charge in [-0.15, -0.1) is 0 Å². The van der Waals surface area contributed by atoms with Gasteiger partial charge in [-0.25, -0.2) is 4.68 Å². The highest BCUT2D eigenvalue weighted by Crippen LogP contribution is 2.39. The van der Waals surface area contributed by atoms with E-state index in [0.29, 0.717) is 40.1 Å². The van der Waals surface area contributed by atoms with E-state index in [-0.39, 0.29) is 5.91 Å². The van der Waals surface area contributed by atoms with Crippen LogP contribution in [0.15, 0.2) is 30.3 Å². The molecule has 0 spiro atoms. The van der Waals surface area contributed by atoms with Crippen LogP contribution in [0, 0.1) is 13.8 Å². The number of hydrogen-bond acceptors (Lipinski definition) is 6. The van der Waals surface area contributed by atoms with Gasteiger partial charge in [-0.05, 0) is 37.6 Å². The minimum absolute atomic E-state index is 0.334. The summed E-state index contributed by atoms with van der Waals surface area (Å²) in [6.45, 7) is 4.02. The number of nitrogens with one attached hydrogen (secondary N) is 1. The second-order valence-corrected chi connectivity index (χ2v) is 9.03. The normalized spacial score (nSPS) is 14.7. The predicted molar refractivity (Wildman–Crippen MR) is 123 cm³/mol. The van der Waals surface area contributed by atoms with E-state index in [1.807, 2.05) is 26.0 Å². The smallest absolute Gasteiger partial charge is 0.257 e. The van der Waals surface area contributed by atoms with Gasteiger partial charge in [0.25, 0.3) is 5.91 Å². The lowest BCUT2D eigenvalue weighted by atomic mass is 10.1. The zero-order chi connectivity index (χ0) is 23.0. The topological polar surface area (TPSA) is 91.7 Å². The summed E-state index contributed by atoms with van der Waals surface area (Å²) in [4.78, 5) is 13.3. The first-order valence-electron chi connectivity index (χ1n) is 10.0. The van der Waals surface area contributed by atoms with Crippen LogP contribution in [0.5, 0.6) is 17.2 Å². The molecule has 8 nitrogen and oxygen atoms in total. The Morgan fingerprint density at radius 3 is 2.31 bits per heavy atom. The van der Waals surface area contributed by atoms with E-state index in [9.17, 15) is 9.00 Å². The first-order valence-corrected chi connectivity index (χ1v) is 11.5. The van der Waals surface area contributed by atoms with Crippen molar-refractivity contribution in [1.29, 1.82) is 0 Å². The maximum Gasteiger partial charge on any atom is 0.257 e. The number of hydrogen-bond donors (Lipinski definition) is 1. The average molecular weight is 456 g/mol. The van der Waals surface area contributed by atoms with Gasteiger partial charge in [0, 0.05) is 21.9 Å². The molecule has 1 unspecified atom stereocenters. The molecule has 9 heteroatoms. The summed E-state index contributed by atoms with van der Waals surface area (Å²) in [5.41, 5.74) is 4.88. The summed E-state index contributed by atoms with van der Waals surface area (Å²) in [5.74, 6) is 2.05. The lowest BCUT2D eigenvalue weighted by Crippen LogP contribution is -2.17. The summed E-state index contributed by atoms with van der Waals surface area (Å²) in [6.07, 6.45) is 0. The molecule has 0 fully saturated rings. The molecule has 1 amide bonds. The molecule has 0 aliphatic carbocycles. The molecule has 1 atom stereocenters. The molecule has 1 aromatic heterocycles. The molecule has 0 saturated heterocycles. The number of methoxy groups -OCH3 is 3. The lowest BCUT2D eigenvalue weighted by molar-refractivity contribution is 0.102. The first-order chi connectivity index (χ1) is 15.4. The van der Waals surface area contributed by atoms with E-state index in [4.69, 9.17) is 14.2 Å². The zero-order valence-corrected chi connectivity index (χ0v) is 19.5. The fourth-order valence-electron chi connectivity index (χ4n) is 3.87. The minimum atomic E-state index is -1.03. The number of anilines is 1. The summed E-state index contributed by atoms with van der Waals surface area (Å²) in [6, 6.07) is 9.21. The van der Waals surface area contributed by atoms with Crippen LogP contribution in [-0.2, 0) is 22.3 Å². The molecule has 4 rings (SSSR count). The Bertz CT molecular complexity index is 1210. The average Bonchev–Trinajstić information content (AvgIpc) is 3.29. The van der Waals surface area contributed by atoms with Crippen molar-refractivity contribution >= 4 is 22.5 Å². The van der Waals surface area contributed by atoms with Crippen LogP contribution in [0.2, 0.25) is 0 Å². The Morgan fingerprint density at radius 1 is 1.03 bits per heavy atom. The van der Waals surface area contributed by atoms with Crippen molar-refractivity contribution in [3.8, 4) is 22.9 Å². The molecule has 2 aromatic carbocycles. The Kier molecular flexibility index (Phi) is 5.92. The van der Waals surface area contributed by atoms with Crippen molar-refractivity contribution in [3.05, 3.63) is 58.3 Å². The van der Waals surface area contributed by atoms with Crippen LogP contribution < -0.4 is 19.5 Å². The van der Waals surface area contributed by atoms with Gasteiger partial charge in [0.05, 0.1) is 44.2 Å². The highest BCUT2D eigenvalue weighted by molar-refractivity contribution is 7.83. The standard InChI is InChI=1S/C23H25N3O5S/c1-13-6-7-18(14(2)8-13)26-22(16-11-32(28)12-17(16)25-26)24-23(27)15-9-19(29-3)21(31-5)20(10-15)30-4/h6-10H,11-12H2,1-5H3,(H,24,27). The molecule has 0 bridgehead atoms. The fourth-order valence-corrected chi connectivity index (χ4v) is 5.13. The molecule has 1 aliphatic heterocycles. The second-order valence-electron chi connectivity index (χ2n) is 7.57. The second kappa shape index (κ2) is 8.66. The number of amides is 1. The van der Waals surface area contributed by atoms with E-state index in [0.717, 1.165) is 28.1 Å². The Labute approximate surface area is 188 Å². The predicted octanol–water partition coefficient (Wildman–Crippen LogP) is 3.53. The number of rotatable bonds is 6. The fraction of sp³-hybridized carbons (Fsp3) is 0.304. The molecule has 1 aliphatic rings. The summed E-state index contributed by atoms with van der Waals surface area (Å²) in [7, 11) is 3.47. The van der Waals surface area contributed by atoms with Crippen molar-refractivity contribution in [1.82, 2.24) is 9.78 Å². The molecule has 0 saturated carbocycles. The van der Waals surface area contributed by atoms with Gasteiger partial charge in [0.1, 0.15) is 5.82 Å². The molecule has 168 valence electrons. The summed E-state index contributed by atoms with van der Waals surface area (Å²) in [5, 5.41) is 7.67. The van der Waals surface area contributed by atoms with Crippen LogP contribution in [0.1, 0.15) is 32.7 Å². The third-order valence-corrected chi connectivity index (χ3v) is 6.62. The molecule has 2 heterocycles. The number of carbonyl (C=O) groups is 1. The third kappa shape index (κ3) is 3.84. The summed E-state index contributed by atoms with van der Waals surface area (Å²) >= 11 is 0. The van der Waals surface area contributed by atoms with Crippen molar-refractivity contribution in [2.75, 3.05) is 26.6 Å². The number of nitrogens with zero attached hydrogens (tertiary/aromatic N) is 2. The van der Waals surface area contributed by atoms with Crippen molar-refractivity contribution in [2.45, 2.75) is 25.4 Å². The highest BCUT2D eigenvalue weighted by Gasteiger charge is 2.29. The van der Waals surface area contributed by atoms with Gasteiger partial charge < -0.3 is 19.5 Å². The number of aromatic nitrogens is 2. The van der Waals surface area contributed by atoms with Gasteiger partial charge >= 0.3 is 0 Å². The van der Waals surface area contributed by atoms with E-state index in [1.54, 1.807) is 16.8 Å². The molecular formula is C23H25N3O5S. The van der Waals surface area contributed by atoms with Crippen molar-refractivity contribution in [3.63, 3.8) is 0 Å². The molecule has 1 N–H and O–H groups in total. The SMILES string of the molecule is COc1cc(C(=O)Nc2c3c(nn2-c2ccc(C)cc2C)CS(=O)C3)cc(OC)c1OC. The Hall–Kier alpha value is -3.33. The number of aryl methyl sites for hydroxylation is 2. The number of ether oxygens (including phenoxy) is 3. The van der Waals surface area contributed by atoms with Crippen LogP contribution >= 0.6 is 0 Å². The van der Waals surface area contributed by atoms with Gasteiger partial charge in [-0.2, -0.15) is 5.10 Å². The quantitative estimate of drug-likeness (QED) is 0.611. The summed E-state index contributed by atoms with van der Waals surface area (Å²) < 4.78 is 30.0.